The monoisotopic (exact) mass is 398 g/mol. The summed E-state index contributed by atoms with van der Waals surface area (Å²) >= 11 is 5.99. The number of halogens is 2. The summed E-state index contributed by atoms with van der Waals surface area (Å²) in [4.78, 5) is 29.6. The van der Waals surface area contributed by atoms with Gasteiger partial charge >= 0.3 is 0 Å². The number of amides is 2. The van der Waals surface area contributed by atoms with Gasteiger partial charge in [0.05, 0.1) is 12.1 Å². The highest BCUT2D eigenvalue weighted by atomic mass is 35.5. The summed E-state index contributed by atoms with van der Waals surface area (Å²) in [6.07, 6.45) is 3.07. The maximum atomic E-state index is 14.1. The van der Waals surface area contributed by atoms with Gasteiger partial charge in [-0.2, -0.15) is 0 Å². The fourth-order valence-electron chi connectivity index (χ4n) is 3.79. The fraction of sp³-hybridized carbons (Fsp3) is 0.273. The summed E-state index contributed by atoms with van der Waals surface area (Å²) in [5.74, 6) is -1.18. The lowest BCUT2D eigenvalue weighted by Gasteiger charge is -2.29. The quantitative estimate of drug-likeness (QED) is 0.723. The summed E-state index contributed by atoms with van der Waals surface area (Å²) in [7, 11) is 0. The first-order valence-electron chi connectivity index (χ1n) is 9.41. The lowest BCUT2D eigenvalue weighted by molar-refractivity contribution is -0.138. The molecule has 0 N–H and O–H groups in total. The van der Waals surface area contributed by atoms with E-state index >= 15 is 0 Å². The molecule has 4 rings (SSSR count). The molecule has 1 saturated heterocycles. The van der Waals surface area contributed by atoms with Gasteiger partial charge in [-0.25, -0.2) is 4.39 Å². The average molecular weight is 399 g/mol. The van der Waals surface area contributed by atoms with Crippen LogP contribution >= 0.6 is 11.6 Å². The highest BCUT2D eigenvalue weighted by Gasteiger charge is 2.41. The van der Waals surface area contributed by atoms with Gasteiger partial charge in [-0.15, -0.1) is 0 Å². The Morgan fingerprint density at radius 3 is 2.25 bits per heavy atom. The van der Waals surface area contributed by atoms with E-state index in [0.29, 0.717) is 27.4 Å². The number of hydrogen-bond donors (Lipinski definition) is 0. The maximum absolute atomic E-state index is 14.1. The number of likely N-dealkylation sites (tertiary alicyclic amines) is 1. The number of nitrogens with zero attached hydrogens (tertiary/aromatic N) is 2. The van der Waals surface area contributed by atoms with Crippen LogP contribution in [-0.4, -0.2) is 34.7 Å². The van der Waals surface area contributed by atoms with Crippen LogP contribution in [-0.2, 0) is 16.1 Å². The van der Waals surface area contributed by atoms with E-state index in [9.17, 15) is 14.0 Å². The van der Waals surface area contributed by atoms with Gasteiger partial charge in [0.2, 0.25) is 0 Å². The summed E-state index contributed by atoms with van der Waals surface area (Å²) in [6, 6.07) is 13.1. The van der Waals surface area contributed by atoms with Crippen LogP contribution in [0.15, 0.2) is 54.2 Å². The Labute approximate surface area is 168 Å². The van der Waals surface area contributed by atoms with E-state index in [1.54, 1.807) is 42.5 Å². The van der Waals surface area contributed by atoms with Gasteiger partial charge < -0.3 is 4.90 Å². The van der Waals surface area contributed by atoms with Gasteiger partial charge in [0.15, 0.2) is 0 Å². The van der Waals surface area contributed by atoms with Crippen molar-refractivity contribution in [3.8, 4) is 0 Å². The largest absolute Gasteiger partial charge is 0.366 e. The summed E-state index contributed by atoms with van der Waals surface area (Å²) in [5, 5.41) is 0.559. The first-order chi connectivity index (χ1) is 13.6. The minimum Gasteiger partial charge on any atom is -0.366 e. The Bertz CT molecular complexity index is 949. The zero-order valence-corrected chi connectivity index (χ0v) is 16.1. The van der Waals surface area contributed by atoms with Crippen molar-refractivity contribution in [3.63, 3.8) is 0 Å². The Morgan fingerprint density at radius 2 is 1.57 bits per heavy atom. The second kappa shape index (κ2) is 7.76. The summed E-state index contributed by atoms with van der Waals surface area (Å²) < 4.78 is 14.1. The molecular weight excluding hydrogens is 379 g/mol. The molecule has 0 radical (unpaired) electrons. The van der Waals surface area contributed by atoms with E-state index in [1.807, 2.05) is 4.90 Å². The van der Waals surface area contributed by atoms with Crippen LogP contribution in [0.2, 0.25) is 5.02 Å². The normalized spacial score (nSPS) is 17.6. The predicted octanol–water partition coefficient (Wildman–Crippen LogP) is 4.25. The maximum Gasteiger partial charge on any atom is 0.278 e. The minimum atomic E-state index is -0.428. The zero-order valence-electron chi connectivity index (χ0n) is 15.3. The molecule has 28 heavy (non-hydrogen) atoms. The molecule has 2 aliphatic heterocycles. The Morgan fingerprint density at radius 1 is 0.893 bits per heavy atom. The van der Waals surface area contributed by atoms with Crippen LogP contribution in [0, 0.1) is 5.82 Å². The van der Waals surface area contributed by atoms with Crippen molar-refractivity contribution in [2.45, 2.75) is 25.8 Å². The zero-order chi connectivity index (χ0) is 19.7. The lowest BCUT2D eigenvalue weighted by Crippen LogP contribution is -2.37. The molecule has 1 fully saturated rings. The number of benzene rings is 2. The van der Waals surface area contributed by atoms with E-state index in [4.69, 9.17) is 11.6 Å². The van der Waals surface area contributed by atoms with Crippen molar-refractivity contribution in [1.29, 1.82) is 0 Å². The molecule has 2 heterocycles. The molecule has 144 valence electrons. The van der Waals surface area contributed by atoms with Crippen molar-refractivity contribution in [2.24, 2.45) is 0 Å². The van der Waals surface area contributed by atoms with Crippen molar-refractivity contribution in [1.82, 2.24) is 9.80 Å². The number of imide groups is 1. The van der Waals surface area contributed by atoms with Gasteiger partial charge in [0.1, 0.15) is 11.5 Å². The average Bonchev–Trinajstić information content (AvgIpc) is 2.95. The molecule has 0 spiro atoms. The second-order valence-electron chi connectivity index (χ2n) is 7.07. The van der Waals surface area contributed by atoms with Crippen LogP contribution < -0.4 is 0 Å². The molecule has 0 unspecified atom stereocenters. The van der Waals surface area contributed by atoms with Crippen LogP contribution in [0.25, 0.3) is 5.57 Å². The van der Waals surface area contributed by atoms with Gasteiger partial charge in [-0.1, -0.05) is 41.9 Å². The number of carbonyl (C=O) groups excluding carboxylic acids is 2. The van der Waals surface area contributed by atoms with Crippen LogP contribution in [0.5, 0.6) is 0 Å². The summed E-state index contributed by atoms with van der Waals surface area (Å²) in [5.41, 5.74) is 1.77. The molecule has 2 aromatic carbocycles. The smallest absolute Gasteiger partial charge is 0.278 e. The third kappa shape index (κ3) is 3.42. The third-order valence-corrected chi connectivity index (χ3v) is 5.49. The van der Waals surface area contributed by atoms with E-state index in [-0.39, 0.29) is 12.5 Å². The number of piperidine rings is 1. The standard InChI is InChI=1S/C22H20ClFN2O2/c23-17-10-8-15(9-11-17)19-20(25-12-4-1-5-13-25)22(28)26(21(19)27)14-16-6-2-3-7-18(16)24/h2-3,6-11H,1,4-5,12-14H2. The molecule has 2 aliphatic rings. The minimum absolute atomic E-state index is 0.0846. The predicted molar refractivity (Wildman–Crippen MR) is 106 cm³/mol. The Hall–Kier alpha value is -2.66. The topological polar surface area (TPSA) is 40.6 Å². The molecule has 6 heteroatoms. The van der Waals surface area contributed by atoms with Crippen molar-refractivity contribution >= 4 is 29.0 Å². The molecule has 2 amide bonds. The SMILES string of the molecule is O=C1C(c2ccc(Cl)cc2)=C(N2CCCCC2)C(=O)N1Cc1ccccc1F. The van der Waals surface area contributed by atoms with Gasteiger partial charge in [-0.3, -0.25) is 14.5 Å². The third-order valence-electron chi connectivity index (χ3n) is 5.24. The van der Waals surface area contributed by atoms with Crippen molar-refractivity contribution in [3.05, 3.63) is 76.2 Å². The lowest BCUT2D eigenvalue weighted by atomic mass is 10.0. The van der Waals surface area contributed by atoms with Crippen LogP contribution in [0.1, 0.15) is 30.4 Å². The van der Waals surface area contributed by atoms with Crippen molar-refractivity contribution in [2.75, 3.05) is 13.1 Å². The Kier molecular flexibility index (Phi) is 5.18. The van der Waals surface area contributed by atoms with E-state index < -0.39 is 11.7 Å². The van der Waals surface area contributed by atoms with Crippen molar-refractivity contribution < 1.29 is 14.0 Å². The highest BCUT2D eigenvalue weighted by molar-refractivity contribution is 6.35. The molecule has 0 atom stereocenters. The Balaban J connectivity index is 1.74. The van der Waals surface area contributed by atoms with Crippen LogP contribution in [0.3, 0.4) is 0 Å². The van der Waals surface area contributed by atoms with E-state index in [1.165, 1.54) is 6.07 Å². The van der Waals surface area contributed by atoms with E-state index in [2.05, 4.69) is 0 Å². The van der Waals surface area contributed by atoms with Gasteiger partial charge in [-0.05, 0) is 43.0 Å². The first kappa shape index (κ1) is 18.7. The molecule has 0 bridgehead atoms. The number of rotatable bonds is 4. The molecule has 4 nitrogen and oxygen atoms in total. The molecule has 0 aliphatic carbocycles. The fourth-order valence-corrected chi connectivity index (χ4v) is 3.92. The molecule has 2 aromatic rings. The molecule has 0 aromatic heterocycles. The van der Waals surface area contributed by atoms with E-state index in [0.717, 1.165) is 37.3 Å². The van der Waals surface area contributed by atoms with Crippen LogP contribution in [0.4, 0.5) is 4.39 Å². The summed E-state index contributed by atoms with van der Waals surface area (Å²) in [6.45, 7) is 1.39. The molecular formula is C22H20ClFN2O2. The molecule has 0 saturated carbocycles. The van der Waals surface area contributed by atoms with Gasteiger partial charge in [0.25, 0.3) is 11.8 Å². The first-order valence-corrected chi connectivity index (χ1v) is 9.79. The van der Waals surface area contributed by atoms with Gasteiger partial charge in [0, 0.05) is 23.7 Å². The highest BCUT2D eigenvalue weighted by Crippen LogP contribution is 2.34. The number of carbonyl (C=O) groups is 2. The second-order valence-corrected chi connectivity index (χ2v) is 7.50. The number of hydrogen-bond acceptors (Lipinski definition) is 3.